The van der Waals surface area contributed by atoms with E-state index in [1.165, 1.54) is 0 Å². The highest BCUT2D eigenvalue weighted by atomic mass is 35.5. The van der Waals surface area contributed by atoms with Crippen LogP contribution in [0.15, 0.2) is 42.5 Å². The van der Waals surface area contributed by atoms with Crippen molar-refractivity contribution >= 4 is 46.4 Å². The highest BCUT2D eigenvalue weighted by Crippen LogP contribution is 2.29. The number of rotatable bonds is 5. The minimum atomic E-state index is -0.150. The maximum atomic E-state index is 12.0. The number of anilines is 1. The van der Waals surface area contributed by atoms with E-state index in [9.17, 15) is 4.79 Å². The summed E-state index contributed by atoms with van der Waals surface area (Å²) in [6.45, 7) is 2.26. The molecule has 0 heterocycles. The summed E-state index contributed by atoms with van der Waals surface area (Å²) in [5.74, 6) is -0.150. The van der Waals surface area contributed by atoms with Gasteiger partial charge in [0, 0.05) is 10.6 Å². The second-order valence-electron chi connectivity index (χ2n) is 4.90. The fraction of sp³-hybridized carbons (Fsp3) is 0.188. The molecule has 0 aromatic heterocycles. The molecule has 0 aliphatic rings. The lowest BCUT2D eigenvalue weighted by atomic mass is 10.1. The van der Waals surface area contributed by atoms with Crippen LogP contribution in [-0.2, 0) is 4.79 Å². The number of benzene rings is 2. The Morgan fingerprint density at radius 3 is 2.50 bits per heavy atom. The van der Waals surface area contributed by atoms with Gasteiger partial charge in [-0.2, -0.15) is 0 Å². The Morgan fingerprint density at radius 2 is 1.77 bits per heavy atom. The van der Waals surface area contributed by atoms with Crippen LogP contribution in [0, 0.1) is 0 Å². The van der Waals surface area contributed by atoms with Gasteiger partial charge in [-0.15, -0.1) is 0 Å². The van der Waals surface area contributed by atoms with Crippen LogP contribution in [0.5, 0.6) is 0 Å². The molecule has 2 aromatic rings. The number of carbonyl (C=O) groups excluding carboxylic acids is 1. The summed E-state index contributed by atoms with van der Waals surface area (Å²) in [5.41, 5.74) is 1.51. The zero-order chi connectivity index (χ0) is 16.1. The number of hydrogen-bond donors (Lipinski definition) is 2. The molecule has 0 fully saturated rings. The zero-order valence-corrected chi connectivity index (χ0v) is 14.2. The van der Waals surface area contributed by atoms with Crippen LogP contribution in [0.25, 0.3) is 0 Å². The molecule has 0 bridgehead atoms. The van der Waals surface area contributed by atoms with Gasteiger partial charge in [0.25, 0.3) is 5.91 Å². The molecule has 116 valence electrons. The van der Waals surface area contributed by atoms with E-state index in [2.05, 4.69) is 5.32 Å². The summed E-state index contributed by atoms with van der Waals surface area (Å²) in [5, 5.41) is 6.12. The first-order valence-electron chi connectivity index (χ1n) is 6.80. The normalized spacial score (nSPS) is 12.0. The van der Waals surface area contributed by atoms with Gasteiger partial charge in [-0.1, -0.05) is 59.1 Å². The first-order chi connectivity index (χ1) is 10.5. The molecule has 22 heavy (non-hydrogen) atoms. The van der Waals surface area contributed by atoms with Crippen molar-refractivity contribution in [2.75, 3.05) is 11.9 Å². The van der Waals surface area contributed by atoms with E-state index >= 15 is 0 Å². The molecule has 1 atom stereocenters. The van der Waals surface area contributed by atoms with Crippen molar-refractivity contribution < 1.29 is 10.1 Å². The number of hydrogen-bond acceptors (Lipinski definition) is 1. The average molecular weight is 359 g/mol. The number of nitrogens with one attached hydrogen (secondary N) is 1. The number of amides is 1. The van der Waals surface area contributed by atoms with E-state index < -0.39 is 0 Å². The fourth-order valence-corrected chi connectivity index (χ4v) is 2.71. The van der Waals surface area contributed by atoms with Crippen molar-refractivity contribution in [2.45, 2.75) is 13.0 Å². The van der Waals surface area contributed by atoms with Crippen LogP contribution in [0.2, 0.25) is 15.1 Å². The second-order valence-corrected chi connectivity index (χ2v) is 6.09. The van der Waals surface area contributed by atoms with Crippen molar-refractivity contribution in [3.8, 4) is 0 Å². The Hall–Kier alpha value is -1.26. The van der Waals surface area contributed by atoms with Gasteiger partial charge in [0.05, 0.1) is 15.7 Å². The molecule has 1 amide bonds. The molecule has 3 nitrogen and oxygen atoms in total. The van der Waals surface area contributed by atoms with Crippen molar-refractivity contribution in [1.29, 1.82) is 0 Å². The lowest BCUT2D eigenvalue weighted by Gasteiger charge is -2.13. The van der Waals surface area contributed by atoms with Gasteiger partial charge in [0.2, 0.25) is 0 Å². The molecule has 0 saturated heterocycles. The van der Waals surface area contributed by atoms with Crippen molar-refractivity contribution in [3.05, 3.63) is 63.1 Å². The van der Waals surface area contributed by atoms with Crippen molar-refractivity contribution in [2.24, 2.45) is 0 Å². The van der Waals surface area contributed by atoms with Gasteiger partial charge >= 0.3 is 0 Å². The third-order valence-corrected chi connectivity index (χ3v) is 4.44. The van der Waals surface area contributed by atoms with Crippen molar-refractivity contribution in [1.82, 2.24) is 0 Å². The van der Waals surface area contributed by atoms with Gasteiger partial charge < -0.3 is 10.6 Å². The Labute approximate surface area is 144 Å². The van der Waals surface area contributed by atoms with E-state index in [1.807, 2.05) is 36.5 Å². The minimum absolute atomic E-state index is 0.0780. The van der Waals surface area contributed by atoms with Crippen LogP contribution in [0.1, 0.15) is 18.5 Å². The molecular weight excluding hydrogens is 343 g/mol. The highest BCUT2D eigenvalue weighted by Gasteiger charge is 2.15. The number of halogens is 3. The summed E-state index contributed by atoms with van der Waals surface area (Å²) in [7, 11) is 0. The lowest BCUT2D eigenvalue weighted by Crippen LogP contribution is -2.86. The Balaban J connectivity index is 1.93. The predicted molar refractivity (Wildman–Crippen MR) is 91.8 cm³/mol. The van der Waals surface area contributed by atoms with E-state index in [0.717, 1.165) is 5.56 Å². The Kier molecular flexibility index (Phi) is 6.09. The Morgan fingerprint density at radius 1 is 1.09 bits per heavy atom. The van der Waals surface area contributed by atoms with E-state index in [-0.39, 0.29) is 18.5 Å². The third-order valence-electron chi connectivity index (χ3n) is 3.28. The average Bonchev–Trinajstić information content (AvgIpc) is 2.50. The van der Waals surface area contributed by atoms with Gasteiger partial charge in [0.15, 0.2) is 6.54 Å². The summed E-state index contributed by atoms with van der Waals surface area (Å²) in [4.78, 5) is 12.0. The van der Waals surface area contributed by atoms with E-state index in [0.29, 0.717) is 20.8 Å². The summed E-state index contributed by atoms with van der Waals surface area (Å²) in [6, 6.07) is 12.8. The summed E-state index contributed by atoms with van der Waals surface area (Å²) in [6.07, 6.45) is 0. The first kappa shape index (κ1) is 17.1. The number of quaternary nitrogens is 1. The Bertz CT molecular complexity index is 676. The van der Waals surface area contributed by atoms with Gasteiger partial charge in [0.1, 0.15) is 6.04 Å². The molecular formula is C16H16Cl3N2O+. The topological polar surface area (TPSA) is 45.7 Å². The standard InChI is InChI=1S/C16H15Cl3N2O/c1-10(11-5-2-3-6-12(11)17)20-9-15(22)21-14-8-4-7-13(18)16(14)19/h2-8,10,20H,9H2,1H3,(H,21,22)/p+1/t10-/m1/s1. The highest BCUT2D eigenvalue weighted by molar-refractivity contribution is 6.44. The molecule has 2 rings (SSSR count). The molecule has 2 aromatic carbocycles. The third kappa shape index (κ3) is 4.37. The predicted octanol–water partition coefficient (Wildman–Crippen LogP) is 3.91. The second kappa shape index (κ2) is 7.84. The molecule has 3 N–H and O–H groups in total. The number of nitrogens with two attached hydrogens (primary N) is 1. The minimum Gasteiger partial charge on any atom is -0.332 e. The number of carbonyl (C=O) groups is 1. The molecule has 0 spiro atoms. The molecule has 0 aliphatic carbocycles. The monoisotopic (exact) mass is 357 g/mol. The van der Waals surface area contributed by atoms with E-state index in [4.69, 9.17) is 34.8 Å². The van der Waals surface area contributed by atoms with Crippen LogP contribution in [0.4, 0.5) is 5.69 Å². The van der Waals surface area contributed by atoms with Crippen LogP contribution in [0.3, 0.4) is 0 Å². The quantitative estimate of drug-likeness (QED) is 0.836. The SMILES string of the molecule is C[C@@H]([NH2+]CC(=O)Nc1cccc(Cl)c1Cl)c1ccccc1Cl. The van der Waals surface area contributed by atoms with E-state index in [1.54, 1.807) is 18.2 Å². The lowest BCUT2D eigenvalue weighted by molar-refractivity contribution is -0.682. The summed E-state index contributed by atoms with van der Waals surface area (Å²) >= 11 is 18.1. The molecule has 0 radical (unpaired) electrons. The molecule has 0 unspecified atom stereocenters. The van der Waals surface area contributed by atoms with Crippen LogP contribution in [-0.4, -0.2) is 12.5 Å². The molecule has 0 aliphatic heterocycles. The molecule has 0 saturated carbocycles. The maximum Gasteiger partial charge on any atom is 0.279 e. The smallest absolute Gasteiger partial charge is 0.279 e. The maximum absolute atomic E-state index is 12.0. The first-order valence-corrected chi connectivity index (χ1v) is 7.94. The zero-order valence-electron chi connectivity index (χ0n) is 11.9. The largest absolute Gasteiger partial charge is 0.332 e. The van der Waals surface area contributed by atoms with Crippen molar-refractivity contribution in [3.63, 3.8) is 0 Å². The van der Waals surface area contributed by atoms with Gasteiger partial charge in [-0.25, -0.2) is 0 Å². The molecule has 6 heteroatoms. The van der Waals surface area contributed by atoms with Gasteiger partial charge in [-0.3, -0.25) is 4.79 Å². The van der Waals surface area contributed by atoms with Crippen LogP contribution >= 0.6 is 34.8 Å². The fourth-order valence-electron chi connectivity index (χ4n) is 2.06. The van der Waals surface area contributed by atoms with Gasteiger partial charge in [-0.05, 0) is 25.1 Å². The summed E-state index contributed by atoms with van der Waals surface area (Å²) < 4.78 is 0. The van der Waals surface area contributed by atoms with Crippen LogP contribution < -0.4 is 10.6 Å².